The smallest absolute Gasteiger partial charge is 0.330 e. The molecule has 0 saturated carbocycles. The van der Waals surface area contributed by atoms with Crippen molar-refractivity contribution >= 4 is 29.4 Å². The summed E-state index contributed by atoms with van der Waals surface area (Å²) in [5, 5.41) is 6.73. The molecule has 0 aliphatic carbocycles. The van der Waals surface area contributed by atoms with Gasteiger partial charge in [-0.3, -0.25) is 14.3 Å². The molecule has 0 spiro atoms. The average Bonchev–Trinajstić information content (AvgIpc) is 2.86. The third-order valence-electron chi connectivity index (χ3n) is 3.81. The van der Waals surface area contributed by atoms with Gasteiger partial charge in [0.1, 0.15) is 0 Å². The SMILES string of the molecule is CCOC(=O)/C=C/c1ccc(NC(=O)C(=O)c2c(C)nn(C)c2C)cc1. The topological polar surface area (TPSA) is 90.3 Å². The number of benzene rings is 1. The van der Waals surface area contributed by atoms with Gasteiger partial charge < -0.3 is 10.1 Å². The Labute approximate surface area is 151 Å². The van der Waals surface area contributed by atoms with Crippen LogP contribution in [0.4, 0.5) is 5.69 Å². The van der Waals surface area contributed by atoms with Crippen molar-refractivity contribution in [2.24, 2.45) is 7.05 Å². The summed E-state index contributed by atoms with van der Waals surface area (Å²) in [6.07, 6.45) is 2.94. The minimum absolute atomic E-state index is 0.318. The highest BCUT2D eigenvalue weighted by Crippen LogP contribution is 2.15. The maximum atomic E-state index is 12.4. The number of esters is 1. The Balaban J connectivity index is 2.05. The molecule has 1 amide bonds. The van der Waals surface area contributed by atoms with Gasteiger partial charge in [-0.05, 0) is 44.5 Å². The van der Waals surface area contributed by atoms with Crippen LogP contribution in [0.1, 0.15) is 34.2 Å². The van der Waals surface area contributed by atoms with Crippen LogP contribution >= 0.6 is 0 Å². The average molecular weight is 355 g/mol. The van der Waals surface area contributed by atoms with E-state index in [0.29, 0.717) is 29.2 Å². The maximum Gasteiger partial charge on any atom is 0.330 e. The zero-order valence-corrected chi connectivity index (χ0v) is 15.2. The van der Waals surface area contributed by atoms with E-state index in [0.717, 1.165) is 5.56 Å². The van der Waals surface area contributed by atoms with Crippen LogP contribution in [0.3, 0.4) is 0 Å². The number of aromatic nitrogens is 2. The lowest BCUT2D eigenvalue weighted by atomic mass is 10.1. The second-order valence-corrected chi connectivity index (χ2v) is 5.66. The lowest BCUT2D eigenvalue weighted by Gasteiger charge is -2.05. The van der Waals surface area contributed by atoms with E-state index in [1.807, 2.05) is 0 Å². The summed E-state index contributed by atoms with van der Waals surface area (Å²) >= 11 is 0. The number of amides is 1. The number of carbonyl (C=O) groups is 3. The summed E-state index contributed by atoms with van der Waals surface area (Å²) in [6.45, 7) is 5.49. The number of rotatable bonds is 6. The second-order valence-electron chi connectivity index (χ2n) is 5.66. The monoisotopic (exact) mass is 355 g/mol. The number of ketones is 1. The number of nitrogens with zero attached hydrogens (tertiary/aromatic N) is 2. The van der Waals surface area contributed by atoms with Crippen molar-refractivity contribution in [1.29, 1.82) is 0 Å². The molecule has 7 heteroatoms. The molecule has 1 aromatic carbocycles. The van der Waals surface area contributed by atoms with Gasteiger partial charge in [-0.25, -0.2) is 4.79 Å². The molecule has 2 aromatic rings. The van der Waals surface area contributed by atoms with E-state index in [-0.39, 0.29) is 0 Å². The largest absolute Gasteiger partial charge is 0.463 e. The number of aryl methyl sites for hydroxylation is 2. The van der Waals surface area contributed by atoms with Gasteiger partial charge in [-0.2, -0.15) is 5.10 Å². The second kappa shape index (κ2) is 8.24. The lowest BCUT2D eigenvalue weighted by molar-refractivity contribution is -0.137. The highest BCUT2D eigenvalue weighted by atomic mass is 16.5. The van der Waals surface area contributed by atoms with Crippen molar-refractivity contribution in [1.82, 2.24) is 9.78 Å². The molecule has 7 nitrogen and oxygen atoms in total. The minimum atomic E-state index is -0.723. The van der Waals surface area contributed by atoms with Gasteiger partial charge in [-0.15, -0.1) is 0 Å². The molecule has 0 saturated heterocycles. The van der Waals surface area contributed by atoms with Gasteiger partial charge >= 0.3 is 5.97 Å². The van der Waals surface area contributed by atoms with E-state index in [9.17, 15) is 14.4 Å². The number of anilines is 1. The van der Waals surface area contributed by atoms with Gasteiger partial charge in [0.15, 0.2) is 0 Å². The quantitative estimate of drug-likeness (QED) is 0.372. The number of nitrogens with one attached hydrogen (secondary N) is 1. The third-order valence-corrected chi connectivity index (χ3v) is 3.81. The molecule has 0 unspecified atom stereocenters. The van der Waals surface area contributed by atoms with Crippen LogP contribution in [0.25, 0.3) is 6.08 Å². The van der Waals surface area contributed by atoms with Crippen LogP contribution in [-0.2, 0) is 21.4 Å². The van der Waals surface area contributed by atoms with Crippen molar-refractivity contribution < 1.29 is 19.1 Å². The molecule has 2 rings (SSSR count). The van der Waals surface area contributed by atoms with Crippen LogP contribution in [-0.4, -0.2) is 34.0 Å². The molecule has 0 bridgehead atoms. The Bertz CT molecular complexity index is 864. The van der Waals surface area contributed by atoms with Crippen LogP contribution in [0, 0.1) is 13.8 Å². The van der Waals surface area contributed by atoms with Gasteiger partial charge in [0.05, 0.1) is 17.9 Å². The minimum Gasteiger partial charge on any atom is -0.463 e. The van der Waals surface area contributed by atoms with Gasteiger partial charge in [0, 0.05) is 24.5 Å². The van der Waals surface area contributed by atoms with Gasteiger partial charge in [0.2, 0.25) is 0 Å². The van der Waals surface area contributed by atoms with Crippen molar-refractivity contribution in [3.05, 3.63) is 52.9 Å². The maximum absolute atomic E-state index is 12.4. The first-order chi connectivity index (χ1) is 12.3. The third kappa shape index (κ3) is 4.44. The van der Waals surface area contributed by atoms with Crippen LogP contribution in [0.5, 0.6) is 0 Å². The molecule has 0 aliphatic heterocycles. The Hall–Kier alpha value is -3.22. The normalized spacial score (nSPS) is 10.8. The van der Waals surface area contributed by atoms with Gasteiger partial charge in [0.25, 0.3) is 11.7 Å². The lowest BCUT2D eigenvalue weighted by Crippen LogP contribution is -2.24. The van der Waals surface area contributed by atoms with Crippen molar-refractivity contribution in [3.8, 4) is 0 Å². The molecule has 1 aromatic heterocycles. The van der Waals surface area contributed by atoms with Crippen molar-refractivity contribution in [3.63, 3.8) is 0 Å². The van der Waals surface area contributed by atoms with Crippen LogP contribution in [0.15, 0.2) is 30.3 Å². The molecule has 0 atom stereocenters. The number of carbonyl (C=O) groups excluding carboxylic acids is 3. The standard InChI is InChI=1S/C19H21N3O4/c1-5-26-16(23)11-8-14-6-9-15(10-7-14)20-19(25)18(24)17-12(2)21-22(4)13(17)3/h6-11H,5H2,1-4H3,(H,20,25)/b11-8+. The molecule has 26 heavy (non-hydrogen) atoms. The van der Waals surface area contributed by atoms with Crippen LogP contribution < -0.4 is 5.32 Å². The van der Waals surface area contributed by atoms with Crippen molar-refractivity contribution in [2.45, 2.75) is 20.8 Å². The molecule has 1 heterocycles. The highest BCUT2D eigenvalue weighted by molar-refractivity contribution is 6.47. The Morgan fingerprint density at radius 1 is 1.19 bits per heavy atom. The molecule has 1 N–H and O–H groups in total. The highest BCUT2D eigenvalue weighted by Gasteiger charge is 2.23. The predicted octanol–water partition coefficient (Wildman–Crippen LogP) is 2.43. The van der Waals surface area contributed by atoms with E-state index < -0.39 is 17.7 Å². The Morgan fingerprint density at radius 3 is 2.38 bits per heavy atom. The van der Waals surface area contributed by atoms with Crippen molar-refractivity contribution in [2.75, 3.05) is 11.9 Å². The zero-order valence-electron chi connectivity index (χ0n) is 15.2. The first-order valence-electron chi connectivity index (χ1n) is 8.14. The summed E-state index contributed by atoms with van der Waals surface area (Å²) in [4.78, 5) is 35.9. The number of hydrogen-bond acceptors (Lipinski definition) is 5. The van der Waals surface area contributed by atoms with E-state index in [1.165, 1.54) is 6.08 Å². The summed E-state index contributed by atoms with van der Waals surface area (Å²) in [6, 6.07) is 6.74. The fourth-order valence-electron chi connectivity index (χ4n) is 2.44. The molecule has 136 valence electrons. The summed E-state index contributed by atoms with van der Waals surface area (Å²) in [5.41, 5.74) is 2.72. The fourth-order valence-corrected chi connectivity index (χ4v) is 2.44. The predicted molar refractivity (Wildman–Crippen MR) is 97.8 cm³/mol. The Kier molecular flexibility index (Phi) is 6.06. The zero-order chi connectivity index (χ0) is 19.3. The number of ether oxygens (including phenoxy) is 1. The molecular formula is C19H21N3O4. The number of Topliss-reactive ketones (excluding diaryl/α,β-unsaturated/α-hetero) is 1. The Morgan fingerprint density at radius 2 is 1.85 bits per heavy atom. The summed E-state index contributed by atoms with van der Waals surface area (Å²) in [7, 11) is 1.72. The number of hydrogen-bond donors (Lipinski definition) is 1. The first-order valence-corrected chi connectivity index (χ1v) is 8.14. The van der Waals surface area contributed by atoms with E-state index in [2.05, 4.69) is 10.4 Å². The molecule has 0 radical (unpaired) electrons. The van der Waals surface area contributed by atoms with E-state index in [1.54, 1.807) is 62.8 Å². The molecule has 0 aliphatic rings. The summed E-state index contributed by atoms with van der Waals surface area (Å²) < 4.78 is 6.37. The van der Waals surface area contributed by atoms with Crippen LogP contribution in [0.2, 0.25) is 0 Å². The molecular weight excluding hydrogens is 334 g/mol. The molecule has 0 fully saturated rings. The van der Waals surface area contributed by atoms with E-state index >= 15 is 0 Å². The fraction of sp³-hybridized carbons (Fsp3) is 0.263. The first kappa shape index (κ1) is 19.1. The van der Waals surface area contributed by atoms with E-state index in [4.69, 9.17) is 4.74 Å². The van der Waals surface area contributed by atoms with Gasteiger partial charge in [-0.1, -0.05) is 12.1 Å². The summed E-state index contributed by atoms with van der Waals surface area (Å²) in [5.74, 6) is -1.77.